The van der Waals surface area contributed by atoms with Gasteiger partial charge < -0.3 is 9.84 Å². The van der Waals surface area contributed by atoms with Crippen molar-refractivity contribution >= 4 is 25.2 Å². The maximum atomic E-state index is 12.0. The number of aromatic carboxylic acids is 1. The molecule has 2 aliphatic rings. The van der Waals surface area contributed by atoms with Crippen molar-refractivity contribution in [3.8, 4) is 0 Å². The number of rotatable bonds is 3. The maximum absolute atomic E-state index is 12.0. The van der Waals surface area contributed by atoms with Crippen molar-refractivity contribution in [1.29, 1.82) is 0 Å². The van der Waals surface area contributed by atoms with E-state index < -0.39 is 5.97 Å². The average Bonchev–Trinajstić information content (AvgIpc) is 2.84. The van der Waals surface area contributed by atoms with E-state index in [9.17, 15) is 9.90 Å². The molecule has 0 unspecified atom stereocenters. The molecular formula is C17H25BO3S. The zero-order valence-electron chi connectivity index (χ0n) is 13.8. The monoisotopic (exact) mass is 320 g/mol. The molecule has 3 nitrogen and oxygen atoms in total. The lowest BCUT2D eigenvalue weighted by Crippen LogP contribution is -2.26. The zero-order chi connectivity index (χ0) is 15.9. The Balaban J connectivity index is 2.05. The van der Waals surface area contributed by atoms with Crippen LogP contribution in [0.5, 0.6) is 0 Å². The first-order valence-electron chi connectivity index (χ1n) is 8.38. The molecule has 3 rings (SSSR count). The summed E-state index contributed by atoms with van der Waals surface area (Å²) in [6.07, 6.45) is 5.11. The molecule has 1 N–H and O–H groups in total. The van der Waals surface area contributed by atoms with E-state index in [4.69, 9.17) is 4.74 Å². The quantitative estimate of drug-likeness (QED) is 0.871. The fraction of sp³-hybridized carbons (Fsp3) is 0.706. The first-order chi connectivity index (χ1) is 10.4. The number of thiophene rings is 1. The van der Waals surface area contributed by atoms with E-state index >= 15 is 0 Å². The summed E-state index contributed by atoms with van der Waals surface area (Å²) in [5.74, 6) is 0.0927. The molecule has 0 bridgehead atoms. The summed E-state index contributed by atoms with van der Waals surface area (Å²) in [5, 5.41) is 9.85. The maximum Gasteiger partial charge on any atom is 0.337 e. The number of aryl methyl sites for hydroxylation is 1. The zero-order valence-corrected chi connectivity index (χ0v) is 14.6. The minimum atomic E-state index is -0.730. The molecule has 2 heterocycles. The highest BCUT2D eigenvalue weighted by Crippen LogP contribution is 2.47. The summed E-state index contributed by atoms with van der Waals surface area (Å²) in [6, 6.07) is 0. The van der Waals surface area contributed by atoms with Crippen molar-refractivity contribution < 1.29 is 14.6 Å². The molecule has 22 heavy (non-hydrogen) atoms. The van der Waals surface area contributed by atoms with Gasteiger partial charge in [0.15, 0.2) is 0 Å². The van der Waals surface area contributed by atoms with Crippen molar-refractivity contribution in [2.45, 2.75) is 51.8 Å². The molecule has 1 fully saturated rings. The minimum Gasteiger partial charge on any atom is -0.478 e. The fourth-order valence-corrected chi connectivity index (χ4v) is 5.52. The highest BCUT2D eigenvalue weighted by atomic mass is 32.1. The molecule has 120 valence electrons. The largest absolute Gasteiger partial charge is 0.478 e. The molecule has 0 radical (unpaired) electrons. The van der Waals surface area contributed by atoms with Gasteiger partial charge >= 0.3 is 5.97 Å². The Bertz CT molecular complexity index is 579. The van der Waals surface area contributed by atoms with Gasteiger partial charge in [0.2, 0.25) is 0 Å². The summed E-state index contributed by atoms with van der Waals surface area (Å²) in [5.41, 5.74) is 1.98. The molecule has 1 aliphatic carbocycles. The van der Waals surface area contributed by atoms with E-state index in [1.807, 2.05) is 0 Å². The van der Waals surface area contributed by atoms with Crippen LogP contribution in [-0.2, 0) is 17.6 Å². The Morgan fingerprint density at radius 2 is 2.27 bits per heavy atom. The first-order valence-corrected chi connectivity index (χ1v) is 9.20. The number of carbonyl (C=O) groups is 1. The fourth-order valence-electron chi connectivity index (χ4n) is 3.98. The Morgan fingerprint density at radius 3 is 2.95 bits per heavy atom. The standard InChI is InChI=1S/C17H25BO3S/c1-17(2)5-3-13-12(7-17)14(16(19)20)15(22-13)11-4-6-21-9-10(11)8-18/h10-11H,3-9,18H2,1-2H3,(H,19,20)/t10-,11+/m0/s1. The lowest BCUT2D eigenvalue weighted by molar-refractivity contribution is 0.0474. The van der Waals surface area contributed by atoms with Gasteiger partial charge in [-0.3, -0.25) is 0 Å². The van der Waals surface area contributed by atoms with Gasteiger partial charge in [0.25, 0.3) is 0 Å². The van der Waals surface area contributed by atoms with Crippen LogP contribution >= 0.6 is 11.3 Å². The van der Waals surface area contributed by atoms with Crippen LogP contribution in [0.15, 0.2) is 0 Å². The number of fused-ring (bicyclic) bond motifs is 1. The Labute approximate surface area is 137 Å². The molecule has 0 saturated carbocycles. The van der Waals surface area contributed by atoms with E-state index in [-0.39, 0.29) is 5.41 Å². The number of hydrogen-bond acceptors (Lipinski definition) is 3. The van der Waals surface area contributed by atoms with Gasteiger partial charge in [-0.15, -0.1) is 11.3 Å². The third-order valence-corrected chi connectivity index (χ3v) is 6.77. The van der Waals surface area contributed by atoms with E-state index in [0.717, 1.165) is 55.7 Å². The second-order valence-corrected chi connectivity index (χ2v) is 8.66. The van der Waals surface area contributed by atoms with Crippen molar-refractivity contribution in [3.63, 3.8) is 0 Å². The third-order valence-electron chi connectivity index (χ3n) is 5.35. The summed E-state index contributed by atoms with van der Waals surface area (Å²) in [4.78, 5) is 14.4. The number of ether oxygens (including phenoxy) is 1. The van der Waals surface area contributed by atoms with Gasteiger partial charge in [0.1, 0.15) is 7.85 Å². The second-order valence-electron chi connectivity index (χ2n) is 7.53. The van der Waals surface area contributed by atoms with Gasteiger partial charge in [-0.05, 0) is 42.6 Å². The number of carboxylic acid groups (broad SMARTS) is 1. The minimum absolute atomic E-state index is 0.218. The Hall–Kier alpha value is -0.805. The summed E-state index contributed by atoms with van der Waals surface area (Å²) in [7, 11) is 2.18. The van der Waals surface area contributed by atoms with Crippen LogP contribution in [0.4, 0.5) is 0 Å². The normalized spacial score (nSPS) is 27.4. The van der Waals surface area contributed by atoms with Crippen LogP contribution in [-0.4, -0.2) is 32.1 Å². The Kier molecular flexibility index (Phi) is 4.39. The van der Waals surface area contributed by atoms with Crippen LogP contribution in [0.1, 0.15) is 58.3 Å². The van der Waals surface area contributed by atoms with Crippen LogP contribution in [0.2, 0.25) is 6.32 Å². The molecule has 1 saturated heterocycles. The highest BCUT2D eigenvalue weighted by Gasteiger charge is 2.37. The molecule has 1 aromatic rings. The average molecular weight is 320 g/mol. The topological polar surface area (TPSA) is 46.5 Å². The van der Waals surface area contributed by atoms with Crippen molar-refractivity contribution in [2.24, 2.45) is 11.3 Å². The lowest BCUT2D eigenvalue weighted by atomic mass is 9.74. The van der Waals surface area contributed by atoms with E-state index in [2.05, 4.69) is 21.7 Å². The highest BCUT2D eigenvalue weighted by molar-refractivity contribution is 7.12. The van der Waals surface area contributed by atoms with Crippen molar-refractivity contribution in [2.75, 3.05) is 13.2 Å². The van der Waals surface area contributed by atoms with Crippen molar-refractivity contribution in [3.05, 3.63) is 20.9 Å². The van der Waals surface area contributed by atoms with E-state index in [0.29, 0.717) is 17.4 Å². The van der Waals surface area contributed by atoms with Gasteiger partial charge in [-0.2, -0.15) is 0 Å². The van der Waals surface area contributed by atoms with Gasteiger partial charge in [-0.25, -0.2) is 4.79 Å². The van der Waals surface area contributed by atoms with Gasteiger partial charge in [0, 0.05) is 28.9 Å². The van der Waals surface area contributed by atoms with Crippen molar-refractivity contribution in [1.82, 2.24) is 0 Å². The van der Waals surface area contributed by atoms with Crippen LogP contribution < -0.4 is 0 Å². The third kappa shape index (κ3) is 2.85. The molecule has 1 aliphatic heterocycles. The molecule has 1 aromatic heterocycles. The second kappa shape index (κ2) is 6.01. The van der Waals surface area contributed by atoms with Gasteiger partial charge in [-0.1, -0.05) is 20.2 Å². The predicted molar refractivity (Wildman–Crippen MR) is 92.1 cm³/mol. The Morgan fingerprint density at radius 1 is 1.50 bits per heavy atom. The smallest absolute Gasteiger partial charge is 0.337 e. The summed E-state index contributed by atoms with van der Waals surface area (Å²) >= 11 is 1.78. The number of carboxylic acids is 1. The summed E-state index contributed by atoms with van der Waals surface area (Å²) in [6.45, 7) is 6.03. The molecule has 0 amide bonds. The first kappa shape index (κ1) is 16.1. The van der Waals surface area contributed by atoms with Gasteiger partial charge in [0.05, 0.1) is 5.56 Å². The van der Waals surface area contributed by atoms with Crippen LogP contribution in [0.25, 0.3) is 0 Å². The van der Waals surface area contributed by atoms with Crippen LogP contribution in [0, 0.1) is 11.3 Å². The number of hydrogen-bond donors (Lipinski definition) is 1. The van der Waals surface area contributed by atoms with E-state index in [1.54, 1.807) is 11.3 Å². The predicted octanol–water partition coefficient (Wildman–Crippen LogP) is 3.13. The molecule has 0 spiro atoms. The van der Waals surface area contributed by atoms with E-state index in [1.165, 1.54) is 4.88 Å². The molecule has 0 aromatic carbocycles. The van der Waals surface area contributed by atoms with Crippen LogP contribution in [0.3, 0.4) is 0 Å². The summed E-state index contributed by atoms with van der Waals surface area (Å²) < 4.78 is 5.62. The SMILES string of the molecule is BC[C@H]1COCC[C@H]1c1sc2c(c1C(=O)O)CC(C)(C)CC2. The molecular weight excluding hydrogens is 295 g/mol. The molecule has 5 heteroatoms. The lowest BCUT2D eigenvalue weighted by Gasteiger charge is -2.31. The molecule has 2 atom stereocenters.